The zero-order valence-electron chi connectivity index (χ0n) is 13.3. The van der Waals surface area contributed by atoms with E-state index < -0.39 is 0 Å². The number of piperidine rings is 1. The summed E-state index contributed by atoms with van der Waals surface area (Å²) in [7, 11) is 0. The number of hydrogen-bond donors (Lipinski definition) is 3. The fourth-order valence-corrected chi connectivity index (χ4v) is 4.58. The number of anilines is 2. The topological polar surface area (TPSA) is 82.2 Å². The molecule has 3 heterocycles. The first-order valence-electron chi connectivity index (χ1n) is 8.59. The van der Waals surface area contributed by atoms with Crippen LogP contribution in [0.5, 0.6) is 0 Å². The summed E-state index contributed by atoms with van der Waals surface area (Å²) in [5.41, 5.74) is 0.531. The van der Waals surface area contributed by atoms with E-state index in [1.807, 2.05) is 0 Å². The first kappa shape index (κ1) is 15.1. The molecular weight excluding hydrogens is 312 g/mol. The molecule has 23 heavy (non-hydrogen) atoms. The highest BCUT2D eigenvalue weighted by Gasteiger charge is 2.40. The maximum atomic E-state index is 12.0. The van der Waals surface area contributed by atoms with Crippen LogP contribution in [0.2, 0.25) is 0 Å². The van der Waals surface area contributed by atoms with Gasteiger partial charge in [-0.05, 0) is 31.1 Å². The van der Waals surface area contributed by atoms with Gasteiger partial charge >= 0.3 is 6.03 Å². The van der Waals surface area contributed by atoms with E-state index in [1.54, 1.807) is 0 Å². The van der Waals surface area contributed by atoms with Crippen molar-refractivity contribution in [3.63, 3.8) is 0 Å². The first-order valence-corrected chi connectivity index (χ1v) is 9.41. The normalized spacial score (nSPS) is 23.7. The molecule has 0 radical (unpaired) electrons. The van der Waals surface area contributed by atoms with Gasteiger partial charge in [0.25, 0.3) is 0 Å². The van der Waals surface area contributed by atoms with E-state index in [9.17, 15) is 4.79 Å². The van der Waals surface area contributed by atoms with Crippen molar-refractivity contribution >= 4 is 27.6 Å². The third-order valence-corrected chi connectivity index (χ3v) is 6.32. The lowest BCUT2D eigenvalue weighted by atomic mass is 9.73. The molecule has 3 aliphatic rings. The Morgan fingerprint density at radius 3 is 2.61 bits per heavy atom. The van der Waals surface area contributed by atoms with Gasteiger partial charge in [-0.3, -0.25) is 5.32 Å². The molecule has 0 bridgehead atoms. The summed E-state index contributed by atoms with van der Waals surface area (Å²) < 4.78 is 0. The number of rotatable bonds is 3. The molecule has 1 aromatic rings. The average molecular weight is 336 g/mol. The first-order chi connectivity index (χ1) is 11.2. The molecule has 1 saturated carbocycles. The number of nitrogens with one attached hydrogen (secondary N) is 3. The fourth-order valence-electron chi connectivity index (χ4n) is 3.79. The Balaban J connectivity index is 1.29. The van der Waals surface area contributed by atoms with Gasteiger partial charge in [0.05, 0.1) is 0 Å². The summed E-state index contributed by atoms with van der Waals surface area (Å²) in [6.07, 6.45) is 7.01. The van der Waals surface area contributed by atoms with Crippen molar-refractivity contribution in [3.05, 3.63) is 0 Å². The number of hydrogen-bond acceptors (Lipinski definition) is 6. The molecular formula is C15H24N6OS. The van der Waals surface area contributed by atoms with Crippen LogP contribution in [0.3, 0.4) is 0 Å². The van der Waals surface area contributed by atoms with Crippen LogP contribution >= 0.6 is 11.3 Å². The summed E-state index contributed by atoms with van der Waals surface area (Å²) in [6, 6.07) is 0.162. The average Bonchev–Trinajstić information content (AvgIpc) is 3.18. The van der Waals surface area contributed by atoms with Gasteiger partial charge in [0, 0.05) is 32.2 Å². The fraction of sp³-hybridized carbons (Fsp3) is 0.800. The Morgan fingerprint density at radius 2 is 1.96 bits per heavy atom. The number of carbonyl (C=O) groups is 1. The highest BCUT2D eigenvalue weighted by molar-refractivity contribution is 7.19. The van der Waals surface area contributed by atoms with E-state index in [-0.39, 0.29) is 6.03 Å². The minimum atomic E-state index is -0.155. The van der Waals surface area contributed by atoms with Crippen LogP contribution in [0.1, 0.15) is 38.5 Å². The Bertz CT molecular complexity index is 556. The lowest BCUT2D eigenvalue weighted by molar-refractivity contribution is 0.126. The summed E-state index contributed by atoms with van der Waals surface area (Å²) >= 11 is 1.47. The highest BCUT2D eigenvalue weighted by Crippen LogP contribution is 2.37. The Kier molecular flexibility index (Phi) is 4.11. The van der Waals surface area contributed by atoms with E-state index >= 15 is 0 Å². The monoisotopic (exact) mass is 336 g/mol. The summed E-state index contributed by atoms with van der Waals surface area (Å²) in [5, 5.41) is 19.1. The standard InChI is InChI=1S/C15H24N6OS/c22-12(17-11-3-1-2-4-11)18-13-19-20-14(23-13)21-7-5-15(6-8-21)9-16-10-15/h11,16H,1-10H2,(H2,17,18,19,22). The van der Waals surface area contributed by atoms with E-state index in [2.05, 4.69) is 31.0 Å². The Morgan fingerprint density at radius 1 is 1.22 bits per heavy atom. The lowest BCUT2D eigenvalue weighted by Crippen LogP contribution is -2.58. The molecule has 1 aromatic heterocycles. The summed E-state index contributed by atoms with van der Waals surface area (Å²) in [6.45, 7) is 4.38. The van der Waals surface area contributed by atoms with Gasteiger partial charge in [0.15, 0.2) is 0 Å². The predicted octanol–water partition coefficient (Wildman–Crippen LogP) is 1.79. The van der Waals surface area contributed by atoms with Gasteiger partial charge in [0.1, 0.15) is 0 Å². The molecule has 8 heteroatoms. The van der Waals surface area contributed by atoms with Crippen LogP contribution in [-0.2, 0) is 0 Å². The van der Waals surface area contributed by atoms with E-state index in [0.29, 0.717) is 16.6 Å². The SMILES string of the molecule is O=C(Nc1nnc(N2CCC3(CC2)CNC3)s1)NC1CCCC1. The van der Waals surface area contributed by atoms with Crippen LogP contribution in [-0.4, -0.2) is 48.4 Å². The minimum Gasteiger partial charge on any atom is -0.347 e. The maximum absolute atomic E-state index is 12.0. The van der Waals surface area contributed by atoms with Gasteiger partial charge in [-0.2, -0.15) is 0 Å². The number of carbonyl (C=O) groups excluding carboxylic acids is 1. The smallest absolute Gasteiger partial charge is 0.321 e. The summed E-state index contributed by atoms with van der Waals surface area (Å²) in [5.74, 6) is 0. The van der Waals surface area contributed by atoms with Crippen LogP contribution in [0, 0.1) is 5.41 Å². The molecule has 4 rings (SSSR count). The second-order valence-electron chi connectivity index (χ2n) is 7.06. The molecule has 3 N–H and O–H groups in total. The van der Waals surface area contributed by atoms with E-state index in [4.69, 9.17) is 0 Å². The highest BCUT2D eigenvalue weighted by atomic mass is 32.1. The van der Waals surface area contributed by atoms with Crippen molar-refractivity contribution < 1.29 is 4.79 Å². The second-order valence-corrected chi connectivity index (χ2v) is 8.02. The van der Waals surface area contributed by atoms with Crippen molar-refractivity contribution in [2.24, 2.45) is 5.41 Å². The molecule has 1 aliphatic carbocycles. The molecule has 2 saturated heterocycles. The quantitative estimate of drug-likeness (QED) is 0.784. The third kappa shape index (κ3) is 3.28. The van der Waals surface area contributed by atoms with E-state index in [1.165, 1.54) is 37.0 Å². The largest absolute Gasteiger partial charge is 0.347 e. The van der Waals surface area contributed by atoms with Crippen LogP contribution in [0.15, 0.2) is 0 Å². The van der Waals surface area contributed by atoms with Crippen molar-refractivity contribution in [2.75, 3.05) is 36.4 Å². The molecule has 0 unspecified atom stereocenters. The molecule has 3 fully saturated rings. The van der Waals surface area contributed by atoms with Crippen LogP contribution in [0.25, 0.3) is 0 Å². The predicted molar refractivity (Wildman–Crippen MR) is 91.1 cm³/mol. The number of amides is 2. The zero-order valence-corrected chi connectivity index (χ0v) is 14.1. The maximum Gasteiger partial charge on any atom is 0.321 e. The Hall–Kier alpha value is -1.41. The molecule has 0 aromatic carbocycles. The zero-order chi connectivity index (χ0) is 15.7. The lowest BCUT2D eigenvalue weighted by Gasteiger charge is -2.48. The third-order valence-electron chi connectivity index (χ3n) is 5.42. The van der Waals surface area contributed by atoms with Crippen molar-refractivity contribution in [1.82, 2.24) is 20.8 Å². The second kappa shape index (κ2) is 6.24. The van der Waals surface area contributed by atoms with Crippen molar-refractivity contribution in [3.8, 4) is 0 Å². The number of urea groups is 1. The Labute approximate surface area is 140 Å². The molecule has 2 amide bonds. The van der Waals surface area contributed by atoms with Gasteiger partial charge in [-0.15, -0.1) is 10.2 Å². The molecule has 1 spiro atoms. The molecule has 126 valence electrons. The van der Waals surface area contributed by atoms with Crippen molar-refractivity contribution in [2.45, 2.75) is 44.6 Å². The van der Waals surface area contributed by atoms with Gasteiger partial charge in [-0.1, -0.05) is 24.2 Å². The van der Waals surface area contributed by atoms with Crippen molar-refractivity contribution in [1.29, 1.82) is 0 Å². The van der Waals surface area contributed by atoms with E-state index in [0.717, 1.165) is 44.2 Å². The van der Waals surface area contributed by atoms with Crippen LogP contribution < -0.4 is 20.9 Å². The molecule has 7 nitrogen and oxygen atoms in total. The van der Waals surface area contributed by atoms with Gasteiger partial charge in [0.2, 0.25) is 10.3 Å². The summed E-state index contributed by atoms with van der Waals surface area (Å²) in [4.78, 5) is 14.3. The molecule has 0 atom stereocenters. The van der Waals surface area contributed by atoms with Crippen LogP contribution in [0.4, 0.5) is 15.1 Å². The van der Waals surface area contributed by atoms with Gasteiger partial charge < -0.3 is 15.5 Å². The number of nitrogens with zero attached hydrogens (tertiary/aromatic N) is 3. The minimum absolute atomic E-state index is 0.155. The number of aromatic nitrogens is 2. The van der Waals surface area contributed by atoms with Gasteiger partial charge in [-0.25, -0.2) is 4.79 Å². The molecule has 2 aliphatic heterocycles.